The molecular weight excluding hydrogens is 298 g/mol. The third kappa shape index (κ3) is 2.52. The number of benzene rings is 1. The lowest BCUT2D eigenvalue weighted by atomic mass is 9.97. The van der Waals surface area contributed by atoms with E-state index in [0.29, 0.717) is 29.2 Å². The molecule has 3 aliphatic rings. The van der Waals surface area contributed by atoms with Gasteiger partial charge in [0.1, 0.15) is 5.76 Å². The molecule has 0 spiro atoms. The SMILES string of the molecule is Nc1cc2c(cc1C(=O)C=CC1C=CC3=C(C1)OCO3)OCO2. The van der Waals surface area contributed by atoms with E-state index in [2.05, 4.69) is 0 Å². The molecule has 1 aliphatic carbocycles. The van der Waals surface area contributed by atoms with E-state index in [1.54, 1.807) is 12.1 Å². The van der Waals surface area contributed by atoms with Gasteiger partial charge in [-0.2, -0.15) is 0 Å². The largest absolute Gasteiger partial charge is 0.458 e. The summed E-state index contributed by atoms with van der Waals surface area (Å²) in [4.78, 5) is 12.4. The minimum atomic E-state index is -0.169. The van der Waals surface area contributed by atoms with Gasteiger partial charge in [-0.3, -0.25) is 4.79 Å². The van der Waals surface area contributed by atoms with Crippen molar-refractivity contribution in [3.8, 4) is 11.5 Å². The van der Waals surface area contributed by atoms with Crippen LogP contribution in [0.3, 0.4) is 0 Å². The summed E-state index contributed by atoms with van der Waals surface area (Å²) < 4.78 is 21.2. The Bertz CT molecular complexity index is 762. The molecule has 6 heteroatoms. The lowest BCUT2D eigenvalue weighted by molar-refractivity contribution is 0.0722. The fraction of sp³-hybridized carbons (Fsp3) is 0.235. The number of anilines is 1. The highest BCUT2D eigenvalue weighted by Gasteiger charge is 2.22. The summed E-state index contributed by atoms with van der Waals surface area (Å²) in [5, 5.41) is 0. The topological polar surface area (TPSA) is 80.0 Å². The maximum Gasteiger partial charge on any atom is 0.231 e. The van der Waals surface area contributed by atoms with Gasteiger partial charge in [0, 0.05) is 29.7 Å². The van der Waals surface area contributed by atoms with Gasteiger partial charge in [-0.1, -0.05) is 12.2 Å². The average Bonchev–Trinajstić information content (AvgIpc) is 3.19. The van der Waals surface area contributed by atoms with Crippen LogP contribution in [0.5, 0.6) is 11.5 Å². The molecule has 23 heavy (non-hydrogen) atoms. The van der Waals surface area contributed by atoms with Gasteiger partial charge < -0.3 is 24.7 Å². The van der Waals surface area contributed by atoms with Crippen molar-refractivity contribution in [2.45, 2.75) is 6.42 Å². The minimum absolute atomic E-state index is 0.0923. The van der Waals surface area contributed by atoms with E-state index < -0.39 is 0 Å². The second-order valence-corrected chi connectivity index (χ2v) is 5.44. The molecule has 1 aromatic rings. The summed E-state index contributed by atoms with van der Waals surface area (Å²) in [7, 11) is 0. The van der Waals surface area contributed by atoms with Gasteiger partial charge >= 0.3 is 0 Å². The molecule has 0 bridgehead atoms. The molecule has 2 N–H and O–H groups in total. The van der Waals surface area contributed by atoms with Gasteiger partial charge in [-0.05, 0) is 18.2 Å². The number of fused-ring (bicyclic) bond motifs is 1. The van der Waals surface area contributed by atoms with Gasteiger partial charge in [0.05, 0.1) is 0 Å². The van der Waals surface area contributed by atoms with E-state index in [9.17, 15) is 4.79 Å². The normalized spacial score (nSPS) is 21.3. The first-order chi connectivity index (χ1) is 11.2. The van der Waals surface area contributed by atoms with Crippen molar-refractivity contribution < 1.29 is 23.7 Å². The van der Waals surface area contributed by atoms with Gasteiger partial charge in [-0.25, -0.2) is 0 Å². The first kappa shape index (κ1) is 13.8. The number of carbonyl (C=O) groups excluding carboxylic acids is 1. The van der Waals surface area contributed by atoms with Gasteiger partial charge in [0.2, 0.25) is 13.6 Å². The quantitative estimate of drug-likeness (QED) is 0.525. The predicted molar refractivity (Wildman–Crippen MR) is 81.8 cm³/mol. The molecule has 2 heterocycles. The van der Waals surface area contributed by atoms with Gasteiger partial charge in [0.25, 0.3) is 0 Å². The van der Waals surface area contributed by atoms with E-state index >= 15 is 0 Å². The number of allylic oxidation sites excluding steroid dienone is 5. The monoisotopic (exact) mass is 313 g/mol. The van der Waals surface area contributed by atoms with Crippen molar-refractivity contribution in [1.29, 1.82) is 0 Å². The Kier molecular flexibility index (Phi) is 3.22. The smallest absolute Gasteiger partial charge is 0.231 e. The summed E-state index contributed by atoms with van der Waals surface area (Å²) in [6.07, 6.45) is 7.92. The highest BCUT2D eigenvalue weighted by molar-refractivity contribution is 6.08. The number of ether oxygens (including phenoxy) is 4. The van der Waals surface area contributed by atoms with Crippen LogP contribution in [0.2, 0.25) is 0 Å². The molecule has 0 fully saturated rings. The molecule has 4 rings (SSSR count). The number of nitrogen functional groups attached to an aromatic ring is 1. The Hall–Kier alpha value is -2.89. The Morgan fingerprint density at radius 2 is 1.91 bits per heavy atom. The molecule has 2 aliphatic heterocycles. The van der Waals surface area contributed by atoms with Gasteiger partial charge in [-0.15, -0.1) is 0 Å². The van der Waals surface area contributed by atoms with Crippen molar-refractivity contribution in [2.75, 3.05) is 19.3 Å². The Morgan fingerprint density at radius 3 is 2.78 bits per heavy atom. The number of hydrogen-bond acceptors (Lipinski definition) is 6. The van der Waals surface area contributed by atoms with Crippen molar-refractivity contribution in [3.63, 3.8) is 0 Å². The fourth-order valence-corrected chi connectivity index (χ4v) is 2.71. The summed E-state index contributed by atoms with van der Waals surface area (Å²) in [5.41, 5.74) is 6.71. The summed E-state index contributed by atoms with van der Waals surface area (Å²) in [6.45, 7) is 0.409. The maximum atomic E-state index is 12.4. The highest BCUT2D eigenvalue weighted by atomic mass is 16.7. The zero-order chi connectivity index (χ0) is 15.8. The van der Waals surface area contributed by atoms with Crippen LogP contribution < -0.4 is 15.2 Å². The van der Waals surface area contributed by atoms with Crippen LogP contribution in [0.1, 0.15) is 16.8 Å². The summed E-state index contributed by atoms with van der Waals surface area (Å²) in [5.74, 6) is 2.64. The summed E-state index contributed by atoms with van der Waals surface area (Å²) >= 11 is 0. The number of rotatable bonds is 3. The van der Waals surface area contributed by atoms with Crippen LogP contribution in [-0.4, -0.2) is 19.4 Å². The number of ketones is 1. The van der Waals surface area contributed by atoms with Crippen LogP contribution in [0.25, 0.3) is 0 Å². The molecule has 1 aromatic carbocycles. The van der Waals surface area contributed by atoms with Crippen molar-refractivity contribution in [1.82, 2.24) is 0 Å². The third-order valence-corrected chi connectivity index (χ3v) is 3.94. The molecule has 0 saturated heterocycles. The first-order valence-corrected chi connectivity index (χ1v) is 7.29. The molecule has 0 saturated carbocycles. The van der Waals surface area contributed by atoms with E-state index in [4.69, 9.17) is 24.7 Å². The first-order valence-electron chi connectivity index (χ1n) is 7.29. The molecule has 0 radical (unpaired) electrons. The van der Waals surface area contributed by atoms with Crippen molar-refractivity contribution in [2.24, 2.45) is 5.92 Å². The maximum absolute atomic E-state index is 12.4. The zero-order valence-electron chi connectivity index (χ0n) is 12.3. The number of hydrogen-bond donors (Lipinski definition) is 1. The molecular formula is C17H15NO5. The average molecular weight is 313 g/mol. The minimum Gasteiger partial charge on any atom is -0.458 e. The lowest BCUT2D eigenvalue weighted by Crippen LogP contribution is -2.04. The van der Waals surface area contributed by atoms with E-state index in [0.717, 1.165) is 11.5 Å². The summed E-state index contributed by atoms with van der Waals surface area (Å²) in [6, 6.07) is 3.24. The number of carbonyl (C=O) groups is 1. The molecule has 6 nitrogen and oxygen atoms in total. The Balaban J connectivity index is 1.49. The van der Waals surface area contributed by atoms with Crippen molar-refractivity contribution >= 4 is 11.5 Å². The lowest BCUT2D eigenvalue weighted by Gasteiger charge is -2.12. The predicted octanol–water partition coefficient (Wildman–Crippen LogP) is 2.53. The highest BCUT2D eigenvalue weighted by Crippen LogP contribution is 2.36. The van der Waals surface area contributed by atoms with E-state index in [-0.39, 0.29) is 25.3 Å². The Morgan fingerprint density at radius 1 is 1.13 bits per heavy atom. The molecule has 0 amide bonds. The van der Waals surface area contributed by atoms with E-state index in [1.807, 2.05) is 18.2 Å². The van der Waals surface area contributed by atoms with Crippen molar-refractivity contribution in [3.05, 3.63) is 53.5 Å². The van der Waals surface area contributed by atoms with Crippen LogP contribution in [0.15, 0.2) is 48.0 Å². The van der Waals surface area contributed by atoms with Crippen LogP contribution >= 0.6 is 0 Å². The van der Waals surface area contributed by atoms with E-state index in [1.165, 1.54) is 6.08 Å². The van der Waals surface area contributed by atoms with Crippen LogP contribution in [0.4, 0.5) is 5.69 Å². The zero-order valence-corrected chi connectivity index (χ0v) is 12.3. The van der Waals surface area contributed by atoms with Gasteiger partial charge in [0.15, 0.2) is 23.0 Å². The second-order valence-electron chi connectivity index (χ2n) is 5.44. The number of nitrogens with two attached hydrogens (primary N) is 1. The third-order valence-electron chi connectivity index (χ3n) is 3.94. The standard InChI is InChI=1S/C17H15NO5/c18-12-7-17-16(22-9-23-17)6-11(12)13(19)3-1-10-2-4-14-15(5-10)21-8-20-14/h1-4,6-7,10H,5,8-9,18H2. The molecule has 1 unspecified atom stereocenters. The van der Waals surface area contributed by atoms with Crippen LogP contribution in [0, 0.1) is 5.92 Å². The van der Waals surface area contributed by atoms with Crippen LogP contribution in [-0.2, 0) is 9.47 Å². The molecule has 1 atom stereocenters. The second kappa shape index (κ2) is 5.39. The Labute approximate surface area is 132 Å². The molecule has 0 aromatic heterocycles. The molecule has 118 valence electrons. The fourth-order valence-electron chi connectivity index (χ4n) is 2.71.